The molecule has 2 heterocycles. The number of fused-ring (bicyclic) bond motifs is 1. The van der Waals surface area contributed by atoms with E-state index in [1.165, 1.54) is 4.68 Å². The second kappa shape index (κ2) is 8.22. The third-order valence-electron chi connectivity index (χ3n) is 4.53. The van der Waals surface area contributed by atoms with Crippen LogP contribution in [0.1, 0.15) is 16.8 Å². The number of rotatable bonds is 5. The van der Waals surface area contributed by atoms with Crippen molar-refractivity contribution < 1.29 is 14.3 Å². The van der Waals surface area contributed by atoms with Crippen molar-refractivity contribution in [3.05, 3.63) is 51.4 Å². The normalized spacial score (nSPS) is 13.2. The summed E-state index contributed by atoms with van der Waals surface area (Å²) in [6.07, 6.45) is 0.598. The summed E-state index contributed by atoms with van der Waals surface area (Å²) in [5, 5.41) is 7.31. The highest BCUT2D eigenvalue weighted by atomic mass is 16.5. The molecule has 0 saturated heterocycles. The summed E-state index contributed by atoms with van der Waals surface area (Å²) in [6, 6.07) is 6.94. The lowest BCUT2D eigenvalue weighted by Crippen LogP contribution is -2.41. The molecule has 1 N–H and O–H groups in total. The number of aryl methyl sites for hydroxylation is 1. The molecule has 0 atom stereocenters. The summed E-state index contributed by atoms with van der Waals surface area (Å²) in [6.45, 7) is 3.68. The van der Waals surface area contributed by atoms with Crippen LogP contribution in [0, 0.1) is 6.92 Å². The van der Waals surface area contributed by atoms with E-state index in [2.05, 4.69) is 10.4 Å². The Morgan fingerprint density at radius 1 is 1.30 bits per heavy atom. The molecule has 2 aromatic rings. The van der Waals surface area contributed by atoms with Crippen molar-refractivity contribution in [1.82, 2.24) is 14.7 Å². The average Bonchev–Trinajstić information content (AvgIpc) is 2.66. The van der Waals surface area contributed by atoms with Crippen LogP contribution in [0.25, 0.3) is 0 Å². The number of benzene rings is 1. The Bertz CT molecular complexity index is 894. The van der Waals surface area contributed by atoms with Crippen molar-refractivity contribution in [1.29, 1.82) is 0 Å². The van der Waals surface area contributed by atoms with Gasteiger partial charge in [0.25, 0.3) is 5.56 Å². The van der Waals surface area contributed by atoms with Crippen molar-refractivity contribution in [2.24, 2.45) is 0 Å². The van der Waals surface area contributed by atoms with Crippen LogP contribution < -0.4 is 15.6 Å². The summed E-state index contributed by atoms with van der Waals surface area (Å²) in [4.78, 5) is 26.6. The topological polar surface area (TPSA) is 85.7 Å². The minimum Gasteiger partial charge on any atom is -0.495 e. The number of amides is 2. The van der Waals surface area contributed by atoms with Gasteiger partial charge in [-0.3, -0.25) is 4.79 Å². The number of carbonyl (C=O) groups is 1. The SMILES string of the molecule is COCCn1nc2c(cc1=O)CN(C(=O)Nc1cc(C)ccc1OC)CC2. The van der Waals surface area contributed by atoms with Crippen LogP contribution in [0.15, 0.2) is 29.1 Å². The molecule has 3 rings (SSSR count). The molecule has 8 nitrogen and oxygen atoms in total. The van der Waals surface area contributed by atoms with Crippen LogP contribution in [0.4, 0.5) is 10.5 Å². The van der Waals surface area contributed by atoms with E-state index in [0.717, 1.165) is 16.8 Å². The number of ether oxygens (including phenoxy) is 2. The highest BCUT2D eigenvalue weighted by molar-refractivity contribution is 5.91. The second-order valence-electron chi connectivity index (χ2n) is 6.48. The zero-order chi connectivity index (χ0) is 19.4. The van der Waals surface area contributed by atoms with E-state index in [9.17, 15) is 9.59 Å². The molecule has 27 heavy (non-hydrogen) atoms. The molecule has 1 aliphatic rings. The number of hydrogen-bond acceptors (Lipinski definition) is 5. The Labute approximate surface area is 157 Å². The van der Waals surface area contributed by atoms with Crippen LogP contribution in [-0.2, 0) is 24.2 Å². The zero-order valence-electron chi connectivity index (χ0n) is 15.8. The summed E-state index contributed by atoms with van der Waals surface area (Å²) in [7, 11) is 3.15. The van der Waals surface area contributed by atoms with Crippen molar-refractivity contribution in [3.8, 4) is 5.75 Å². The molecular weight excluding hydrogens is 348 g/mol. The highest BCUT2D eigenvalue weighted by Gasteiger charge is 2.23. The molecular formula is C19H24N4O4. The molecule has 1 aliphatic heterocycles. The molecule has 144 valence electrons. The van der Waals surface area contributed by atoms with Crippen molar-refractivity contribution in [2.75, 3.05) is 32.7 Å². The standard InChI is InChI=1S/C19H24N4O4/c1-13-4-5-17(27-3)16(10-13)20-19(25)22-7-6-15-14(12-22)11-18(24)23(21-15)8-9-26-2/h4-5,10-11H,6-9,12H2,1-3H3,(H,20,25). The van der Waals surface area contributed by atoms with Gasteiger partial charge in [-0.15, -0.1) is 0 Å². The Balaban J connectivity index is 1.74. The summed E-state index contributed by atoms with van der Waals surface area (Å²) in [5.74, 6) is 0.606. The number of carbonyl (C=O) groups excluding carboxylic acids is 1. The van der Waals surface area contributed by atoms with E-state index in [0.29, 0.717) is 44.1 Å². The van der Waals surface area contributed by atoms with E-state index >= 15 is 0 Å². The molecule has 2 amide bonds. The van der Waals surface area contributed by atoms with Gasteiger partial charge in [0, 0.05) is 38.2 Å². The molecule has 0 bridgehead atoms. The molecule has 0 fully saturated rings. The quantitative estimate of drug-likeness (QED) is 0.865. The van der Waals surface area contributed by atoms with Crippen LogP contribution in [0.5, 0.6) is 5.75 Å². The fraction of sp³-hybridized carbons (Fsp3) is 0.421. The Morgan fingerprint density at radius 2 is 2.11 bits per heavy atom. The maximum Gasteiger partial charge on any atom is 0.322 e. The summed E-state index contributed by atoms with van der Waals surface area (Å²) < 4.78 is 11.7. The summed E-state index contributed by atoms with van der Waals surface area (Å²) in [5.41, 5.74) is 3.10. The van der Waals surface area contributed by atoms with Crippen molar-refractivity contribution >= 4 is 11.7 Å². The Hall–Kier alpha value is -2.87. The number of hydrogen-bond donors (Lipinski definition) is 1. The monoisotopic (exact) mass is 372 g/mol. The molecule has 0 spiro atoms. The lowest BCUT2D eigenvalue weighted by atomic mass is 10.1. The predicted octanol–water partition coefficient (Wildman–Crippen LogP) is 1.80. The number of anilines is 1. The predicted molar refractivity (Wildman–Crippen MR) is 101 cm³/mol. The number of urea groups is 1. The Kier molecular flexibility index (Phi) is 5.75. The third kappa shape index (κ3) is 4.28. The lowest BCUT2D eigenvalue weighted by molar-refractivity contribution is 0.180. The zero-order valence-corrected chi connectivity index (χ0v) is 15.8. The minimum atomic E-state index is -0.229. The molecule has 0 unspecified atom stereocenters. The highest BCUT2D eigenvalue weighted by Crippen LogP contribution is 2.26. The van der Waals surface area contributed by atoms with Gasteiger partial charge >= 0.3 is 6.03 Å². The van der Waals surface area contributed by atoms with Gasteiger partial charge in [0.1, 0.15) is 5.75 Å². The van der Waals surface area contributed by atoms with Gasteiger partial charge in [0.15, 0.2) is 0 Å². The fourth-order valence-electron chi connectivity index (χ4n) is 3.06. The number of nitrogens with one attached hydrogen (secondary N) is 1. The van der Waals surface area contributed by atoms with E-state index in [1.807, 2.05) is 25.1 Å². The summed E-state index contributed by atoms with van der Waals surface area (Å²) >= 11 is 0. The van der Waals surface area contributed by atoms with Gasteiger partial charge in [-0.2, -0.15) is 5.10 Å². The van der Waals surface area contributed by atoms with E-state index in [1.54, 1.807) is 25.2 Å². The van der Waals surface area contributed by atoms with Gasteiger partial charge in [-0.1, -0.05) is 6.07 Å². The first-order chi connectivity index (χ1) is 13.0. The van der Waals surface area contributed by atoms with Crippen LogP contribution >= 0.6 is 0 Å². The molecule has 0 aliphatic carbocycles. The first kappa shape index (κ1) is 18.9. The number of methoxy groups -OCH3 is 2. The van der Waals surface area contributed by atoms with Gasteiger partial charge in [0.2, 0.25) is 0 Å². The van der Waals surface area contributed by atoms with Crippen LogP contribution in [0.2, 0.25) is 0 Å². The van der Waals surface area contributed by atoms with Crippen molar-refractivity contribution in [3.63, 3.8) is 0 Å². The van der Waals surface area contributed by atoms with Gasteiger partial charge < -0.3 is 19.7 Å². The third-order valence-corrected chi connectivity index (χ3v) is 4.53. The van der Waals surface area contributed by atoms with Crippen LogP contribution in [0.3, 0.4) is 0 Å². The largest absolute Gasteiger partial charge is 0.495 e. The number of nitrogens with zero attached hydrogens (tertiary/aromatic N) is 3. The molecule has 8 heteroatoms. The van der Waals surface area contributed by atoms with Crippen molar-refractivity contribution in [2.45, 2.75) is 26.4 Å². The average molecular weight is 372 g/mol. The van der Waals surface area contributed by atoms with Gasteiger partial charge in [0.05, 0.1) is 31.6 Å². The molecule has 0 radical (unpaired) electrons. The second-order valence-corrected chi connectivity index (χ2v) is 6.48. The van der Waals surface area contributed by atoms with Gasteiger partial charge in [-0.05, 0) is 24.6 Å². The van der Waals surface area contributed by atoms with Gasteiger partial charge in [-0.25, -0.2) is 9.48 Å². The smallest absolute Gasteiger partial charge is 0.322 e. The number of aromatic nitrogens is 2. The maximum absolute atomic E-state index is 12.7. The van der Waals surface area contributed by atoms with E-state index in [4.69, 9.17) is 9.47 Å². The lowest BCUT2D eigenvalue weighted by Gasteiger charge is -2.28. The first-order valence-corrected chi connectivity index (χ1v) is 8.81. The first-order valence-electron chi connectivity index (χ1n) is 8.81. The van der Waals surface area contributed by atoms with E-state index < -0.39 is 0 Å². The fourth-order valence-corrected chi connectivity index (χ4v) is 3.06. The molecule has 0 saturated carbocycles. The maximum atomic E-state index is 12.7. The molecule has 1 aromatic carbocycles. The van der Waals surface area contributed by atoms with Crippen LogP contribution in [-0.4, -0.2) is 48.1 Å². The molecule has 1 aromatic heterocycles. The Morgan fingerprint density at radius 3 is 2.85 bits per heavy atom. The van der Waals surface area contributed by atoms with E-state index in [-0.39, 0.29) is 11.6 Å². The minimum absolute atomic E-state index is 0.187.